The Labute approximate surface area is 367 Å². The molecule has 0 saturated heterocycles. The van der Waals surface area contributed by atoms with Gasteiger partial charge in [0.1, 0.15) is 24.6 Å². The number of anilines is 1. The van der Waals surface area contributed by atoms with Gasteiger partial charge in [-0.25, -0.2) is 17.7 Å². The van der Waals surface area contributed by atoms with Crippen LogP contribution in [0.2, 0.25) is 0 Å². The predicted octanol–water partition coefficient (Wildman–Crippen LogP) is 12.0. The molecule has 5 aliphatic rings. The van der Waals surface area contributed by atoms with Crippen LogP contribution in [0, 0.1) is 23.3 Å². The van der Waals surface area contributed by atoms with E-state index in [9.17, 15) is 5.11 Å². The number of hydrogen-bond acceptors (Lipinski definition) is 4. The fourth-order valence-electron chi connectivity index (χ4n) is 11.3. The van der Waals surface area contributed by atoms with Crippen molar-refractivity contribution in [2.45, 2.75) is 193 Å². The van der Waals surface area contributed by atoms with Crippen molar-refractivity contribution in [1.82, 2.24) is 4.58 Å². The summed E-state index contributed by atoms with van der Waals surface area (Å²) in [5.74, 6) is -8.88. The third-order valence-corrected chi connectivity index (χ3v) is 15.5. The Morgan fingerprint density at radius 1 is 0.677 bits per heavy atom. The molecule has 5 aliphatic heterocycles. The number of unbranched alkanes of at least 4 members (excludes halogenated alkanes) is 9. The number of hydrogen-bond donors (Lipinski definition) is 1. The monoisotopic (exact) mass is 860 g/mol. The van der Waals surface area contributed by atoms with Gasteiger partial charge < -0.3 is 19.5 Å². The molecule has 0 spiro atoms. The van der Waals surface area contributed by atoms with Crippen LogP contribution in [-0.2, 0) is 21.7 Å². The summed E-state index contributed by atoms with van der Waals surface area (Å²) in [6, 6.07) is 4.08. The van der Waals surface area contributed by atoms with Gasteiger partial charge in [0.2, 0.25) is 22.8 Å². The van der Waals surface area contributed by atoms with Gasteiger partial charge in [0.15, 0.2) is 17.4 Å². The number of benzene rings is 3. The van der Waals surface area contributed by atoms with Gasteiger partial charge in [-0.1, -0.05) is 120 Å². The van der Waals surface area contributed by atoms with Crippen LogP contribution >= 0.6 is 0 Å². The van der Waals surface area contributed by atoms with E-state index in [1.54, 1.807) is 0 Å². The molecule has 0 amide bonds. The van der Waals surface area contributed by atoms with Gasteiger partial charge in [-0.3, -0.25) is 0 Å². The average Bonchev–Trinajstić information content (AvgIpc) is 3.20. The van der Waals surface area contributed by atoms with Gasteiger partial charge in [-0.2, -0.15) is 4.39 Å². The smallest absolute Gasteiger partial charge is 0.211 e. The van der Waals surface area contributed by atoms with E-state index in [1.807, 2.05) is 12.1 Å². The Balaban J connectivity index is 1.37. The zero-order chi connectivity index (χ0) is 44.7. The molecule has 3 aromatic rings. The van der Waals surface area contributed by atoms with Gasteiger partial charge >= 0.3 is 0 Å². The van der Waals surface area contributed by atoms with Gasteiger partial charge in [-0.15, -0.1) is 0 Å². The zero-order valence-corrected chi connectivity index (χ0v) is 39.3. The van der Waals surface area contributed by atoms with E-state index >= 15 is 17.6 Å². The van der Waals surface area contributed by atoms with Crippen LogP contribution in [0.15, 0.2) is 12.1 Å². The molecule has 0 saturated carbocycles. The largest absolute Gasteiger partial charge is 0.459 e. The van der Waals surface area contributed by atoms with Crippen molar-refractivity contribution in [3.8, 4) is 17.2 Å². The molecule has 0 radical (unpaired) electrons. The van der Waals surface area contributed by atoms with Crippen molar-refractivity contribution in [3.63, 3.8) is 0 Å². The summed E-state index contributed by atoms with van der Waals surface area (Å²) < 4.78 is 81.9. The average molecular weight is 860 g/mol. The number of aliphatic hydroxyl groups is 1. The molecule has 1 atom stereocenters. The minimum Gasteiger partial charge on any atom is -0.459 e. The molecule has 1 unspecified atom stereocenters. The number of rotatable bonds is 14. The molecule has 5 heterocycles. The third-order valence-electron chi connectivity index (χ3n) is 15.5. The highest BCUT2D eigenvalue weighted by atomic mass is 19.2. The van der Waals surface area contributed by atoms with Crippen molar-refractivity contribution >= 4 is 11.3 Å². The maximum atomic E-state index is 17.3. The van der Waals surface area contributed by atoms with Gasteiger partial charge in [-0.05, 0) is 47.8 Å². The van der Waals surface area contributed by atoms with Gasteiger partial charge in [0.25, 0.3) is 0 Å². The quantitative estimate of drug-likeness (QED) is 0.0343. The topological polar surface area (TPSA) is 44.9 Å². The minimum atomic E-state index is -2.01. The van der Waals surface area contributed by atoms with E-state index in [0.717, 1.165) is 111 Å². The van der Waals surface area contributed by atoms with Crippen LogP contribution < -0.4 is 29.5 Å². The molecule has 0 aromatic heterocycles. The Kier molecular flexibility index (Phi) is 11.7. The van der Waals surface area contributed by atoms with Gasteiger partial charge in [0, 0.05) is 83.3 Å². The highest BCUT2D eigenvalue weighted by molar-refractivity contribution is 5.92. The highest BCUT2D eigenvalue weighted by Crippen LogP contribution is 2.58. The molecule has 338 valence electrons. The second-order valence-corrected chi connectivity index (χ2v) is 22.2. The van der Waals surface area contributed by atoms with Crippen molar-refractivity contribution in [2.75, 3.05) is 31.1 Å². The molecule has 62 heavy (non-hydrogen) atoms. The van der Waals surface area contributed by atoms with Crippen LogP contribution in [0.1, 0.15) is 199 Å². The van der Waals surface area contributed by atoms with Crippen molar-refractivity contribution in [1.29, 1.82) is 0 Å². The second-order valence-electron chi connectivity index (χ2n) is 22.2. The molecular formula is C53H71F4N2O3+. The maximum Gasteiger partial charge on any atom is 0.211 e. The molecule has 3 aromatic carbocycles. The van der Waals surface area contributed by atoms with E-state index in [2.05, 4.69) is 71.8 Å². The molecule has 0 bridgehead atoms. The predicted molar refractivity (Wildman–Crippen MR) is 242 cm³/mol. The standard InChI is InChI=1S/C53H71F4N2O3/c1-11-12-13-14-15-16-17-18-19-20-21-53(10,60)62-48-37(40(54)41(55)42(56)43(48)57)36-32-30-34-44-38(51(6,7)24-28-58(44)26-22-49(34,2)3)46(32)61-47-33(36)31-35-45-39(47)52(8,9)25-29-59(45)27-23-50(35,4)5/h30-31,60H,11-29H2,1-10H3/q+1. The lowest BCUT2D eigenvalue weighted by atomic mass is 9.67. The Morgan fingerprint density at radius 2 is 1.23 bits per heavy atom. The Bertz CT molecular complexity index is 2410. The molecule has 1 N–H and O–H groups in total. The summed E-state index contributed by atoms with van der Waals surface area (Å²) >= 11 is 0. The summed E-state index contributed by atoms with van der Waals surface area (Å²) in [7, 11) is 0. The van der Waals surface area contributed by atoms with Crippen LogP contribution in [0.5, 0.6) is 17.2 Å². The summed E-state index contributed by atoms with van der Waals surface area (Å²) in [4.78, 5) is 2.43. The molecule has 8 rings (SSSR count). The van der Waals surface area contributed by atoms with E-state index < -0.39 is 40.4 Å². The highest BCUT2D eigenvalue weighted by Gasteiger charge is 2.49. The van der Waals surface area contributed by atoms with E-state index in [1.165, 1.54) is 39.0 Å². The fraction of sp³-hybridized carbons (Fsp3) is 0.642. The second kappa shape index (κ2) is 16.1. The van der Waals surface area contributed by atoms with Crippen molar-refractivity contribution in [2.24, 2.45) is 0 Å². The minimum absolute atomic E-state index is 0.0976. The number of nitrogens with zero attached hydrogens (tertiary/aromatic N) is 2. The first-order chi connectivity index (χ1) is 29.1. The van der Waals surface area contributed by atoms with Crippen LogP contribution in [-0.4, -0.2) is 37.1 Å². The molecular weight excluding hydrogens is 789 g/mol. The van der Waals surface area contributed by atoms with E-state index in [4.69, 9.17) is 9.47 Å². The van der Waals surface area contributed by atoms with Crippen LogP contribution in [0.25, 0.3) is 5.57 Å². The first-order valence-electron chi connectivity index (χ1n) is 23.9. The lowest BCUT2D eigenvalue weighted by molar-refractivity contribution is -0.130. The maximum absolute atomic E-state index is 17.3. The number of halogens is 4. The molecule has 5 nitrogen and oxygen atoms in total. The zero-order valence-electron chi connectivity index (χ0n) is 39.3. The fourth-order valence-corrected chi connectivity index (χ4v) is 11.3. The summed E-state index contributed by atoms with van der Waals surface area (Å²) in [5.41, 5.74) is 4.00. The Hall–Kier alpha value is -3.59. The van der Waals surface area contributed by atoms with E-state index in [0.29, 0.717) is 28.7 Å². The lowest BCUT2D eigenvalue weighted by Crippen LogP contribution is -2.54. The first-order valence-corrected chi connectivity index (χ1v) is 23.9. The number of fused-ring (bicyclic) bond motifs is 4. The first kappa shape index (κ1) is 45.0. The normalized spacial score (nSPS) is 20.7. The number of ether oxygens (including phenoxy) is 2. The molecule has 0 aliphatic carbocycles. The molecule has 0 fully saturated rings. The lowest BCUT2D eigenvalue weighted by Gasteiger charge is -2.49. The van der Waals surface area contributed by atoms with Gasteiger partial charge in [0.05, 0.1) is 11.1 Å². The third kappa shape index (κ3) is 7.66. The Morgan fingerprint density at radius 3 is 1.87 bits per heavy atom. The van der Waals surface area contributed by atoms with Crippen molar-refractivity contribution < 1.29 is 32.1 Å². The van der Waals surface area contributed by atoms with Crippen LogP contribution in [0.3, 0.4) is 0 Å². The van der Waals surface area contributed by atoms with Crippen molar-refractivity contribution in [3.05, 3.63) is 79.4 Å². The molecule has 9 heteroatoms. The summed E-state index contributed by atoms with van der Waals surface area (Å²) in [6.45, 7) is 24.8. The summed E-state index contributed by atoms with van der Waals surface area (Å²) in [5, 5.41) is 13.4. The van der Waals surface area contributed by atoms with Crippen LogP contribution in [0.4, 0.5) is 23.2 Å². The SMILES string of the molecule is CCCCCCCCCCCCC(C)(O)Oc1c(F)c(F)c(F)c(F)c1C1=c2cc3c4c(c2Oc2c1cc1c5c2C(C)(C)CCN5CCC1(C)C)C(C)(C)CC[N+]=4CCC3(C)C. The van der Waals surface area contributed by atoms with E-state index in [-0.39, 0.29) is 33.7 Å². The summed E-state index contributed by atoms with van der Waals surface area (Å²) in [6.07, 6.45) is 14.3.